The van der Waals surface area contributed by atoms with Crippen LogP contribution >= 0.6 is 0 Å². The number of aliphatic hydroxyl groups is 2. The Labute approximate surface area is 211 Å². The van der Waals surface area contributed by atoms with Crippen molar-refractivity contribution in [2.75, 3.05) is 6.61 Å². The second-order valence-corrected chi connectivity index (χ2v) is 8.47. The zero-order valence-electron chi connectivity index (χ0n) is 20.0. The summed E-state index contributed by atoms with van der Waals surface area (Å²) in [6.07, 6.45) is -0.851. The van der Waals surface area contributed by atoms with Crippen molar-refractivity contribution >= 4 is 40.6 Å². The molecule has 10 N–H and O–H groups in total. The number of fused-ring (bicyclic) bond motifs is 1. The Balaban J connectivity index is 2.25. The summed E-state index contributed by atoms with van der Waals surface area (Å²) in [5.41, 5.74) is 6.98. The van der Waals surface area contributed by atoms with E-state index in [9.17, 15) is 39.3 Å². The molecule has 0 radical (unpaired) electrons. The van der Waals surface area contributed by atoms with E-state index in [0.29, 0.717) is 5.56 Å². The lowest BCUT2D eigenvalue weighted by molar-refractivity contribution is -0.144. The molecular formula is C23H31N5O9. The number of carboxylic acids is 2. The van der Waals surface area contributed by atoms with E-state index in [-0.39, 0.29) is 6.42 Å². The molecule has 2 rings (SSSR count). The van der Waals surface area contributed by atoms with Gasteiger partial charge in [0.05, 0.1) is 12.7 Å². The number of benzene rings is 1. The van der Waals surface area contributed by atoms with E-state index < -0.39 is 79.4 Å². The highest BCUT2D eigenvalue weighted by atomic mass is 16.4. The number of para-hydroxylation sites is 1. The van der Waals surface area contributed by atoms with E-state index in [2.05, 4.69) is 20.9 Å². The largest absolute Gasteiger partial charge is 0.481 e. The highest BCUT2D eigenvalue weighted by Gasteiger charge is 2.33. The van der Waals surface area contributed by atoms with Gasteiger partial charge in [-0.2, -0.15) is 0 Å². The molecule has 14 heteroatoms. The first-order chi connectivity index (χ1) is 17.4. The van der Waals surface area contributed by atoms with Crippen molar-refractivity contribution in [2.45, 2.75) is 56.5 Å². The van der Waals surface area contributed by atoms with Crippen LogP contribution in [0.4, 0.5) is 0 Å². The average Bonchev–Trinajstić information content (AvgIpc) is 3.25. The third kappa shape index (κ3) is 8.27. The number of nitrogens with two attached hydrogens (primary N) is 1. The molecule has 1 aromatic carbocycles. The summed E-state index contributed by atoms with van der Waals surface area (Å²) in [4.78, 5) is 63.5. The number of carboxylic acid groups (broad SMARTS) is 2. The number of aromatic nitrogens is 1. The van der Waals surface area contributed by atoms with Crippen molar-refractivity contribution in [1.82, 2.24) is 20.9 Å². The minimum absolute atomic E-state index is 0.0513. The van der Waals surface area contributed by atoms with Gasteiger partial charge in [-0.1, -0.05) is 18.2 Å². The van der Waals surface area contributed by atoms with Gasteiger partial charge < -0.3 is 47.1 Å². The summed E-state index contributed by atoms with van der Waals surface area (Å²) >= 11 is 0. The topological polar surface area (TPSA) is 244 Å². The summed E-state index contributed by atoms with van der Waals surface area (Å²) in [6.45, 7) is 0.505. The molecule has 3 amide bonds. The highest BCUT2D eigenvalue weighted by molar-refractivity contribution is 5.95. The Morgan fingerprint density at radius 2 is 1.62 bits per heavy atom. The van der Waals surface area contributed by atoms with Gasteiger partial charge in [-0.3, -0.25) is 19.2 Å². The van der Waals surface area contributed by atoms with E-state index in [1.165, 1.54) is 6.92 Å². The van der Waals surface area contributed by atoms with Crippen molar-refractivity contribution in [2.24, 2.45) is 5.73 Å². The third-order valence-electron chi connectivity index (χ3n) is 5.59. The lowest BCUT2D eigenvalue weighted by atomic mass is 10.0. The number of H-pyrrole nitrogens is 1. The van der Waals surface area contributed by atoms with Gasteiger partial charge in [0.1, 0.15) is 24.2 Å². The Morgan fingerprint density at radius 3 is 2.22 bits per heavy atom. The lowest BCUT2D eigenvalue weighted by Crippen LogP contribution is -2.60. The number of hydrogen-bond acceptors (Lipinski definition) is 8. The number of hydrogen-bond donors (Lipinski definition) is 9. The second kappa shape index (κ2) is 13.3. The van der Waals surface area contributed by atoms with Crippen LogP contribution in [0.15, 0.2) is 30.5 Å². The van der Waals surface area contributed by atoms with E-state index in [4.69, 9.17) is 10.8 Å². The van der Waals surface area contributed by atoms with Gasteiger partial charge in [-0.15, -0.1) is 0 Å². The SMILES string of the molecule is CC(O)C(NC(=O)C(Cc1c[nH]c2ccccc12)NC(=O)C(N)CO)C(=O)NC(CCC(=O)O)C(=O)O. The van der Waals surface area contributed by atoms with Crippen molar-refractivity contribution < 1.29 is 44.4 Å². The molecule has 202 valence electrons. The van der Waals surface area contributed by atoms with Crippen LogP contribution in [-0.4, -0.2) is 91.9 Å². The lowest BCUT2D eigenvalue weighted by Gasteiger charge is -2.26. The number of carbonyl (C=O) groups excluding carboxylic acids is 3. The molecule has 14 nitrogen and oxygen atoms in total. The Hall–Kier alpha value is -4.01. The minimum atomic E-state index is -1.63. The molecule has 5 unspecified atom stereocenters. The van der Waals surface area contributed by atoms with Crippen LogP contribution in [-0.2, 0) is 30.4 Å². The summed E-state index contributed by atoms with van der Waals surface area (Å²) in [5, 5.41) is 45.0. The fourth-order valence-corrected chi connectivity index (χ4v) is 3.54. The maximum atomic E-state index is 13.2. The number of aromatic amines is 1. The summed E-state index contributed by atoms with van der Waals surface area (Å²) < 4.78 is 0. The normalized spacial score (nSPS) is 15.1. The number of rotatable bonds is 14. The quantitative estimate of drug-likeness (QED) is 0.130. The van der Waals surface area contributed by atoms with E-state index in [0.717, 1.165) is 10.9 Å². The molecule has 0 aliphatic heterocycles. The van der Waals surface area contributed by atoms with Gasteiger partial charge in [0.25, 0.3) is 0 Å². The molecule has 0 fully saturated rings. The Morgan fingerprint density at radius 1 is 0.973 bits per heavy atom. The molecule has 0 saturated carbocycles. The van der Waals surface area contributed by atoms with Gasteiger partial charge in [0, 0.05) is 29.9 Å². The third-order valence-corrected chi connectivity index (χ3v) is 5.59. The Bertz CT molecular complexity index is 1130. The zero-order chi connectivity index (χ0) is 27.7. The Kier molecular flexibility index (Phi) is 10.5. The van der Waals surface area contributed by atoms with E-state index in [1.54, 1.807) is 18.3 Å². The molecule has 0 aliphatic carbocycles. The highest BCUT2D eigenvalue weighted by Crippen LogP contribution is 2.19. The monoisotopic (exact) mass is 521 g/mol. The van der Waals surface area contributed by atoms with Crippen LogP contribution in [0.3, 0.4) is 0 Å². The summed E-state index contributed by atoms with van der Waals surface area (Å²) in [5.74, 6) is -5.54. The van der Waals surface area contributed by atoms with Gasteiger partial charge in [-0.25, -0.2) is 4.79 Å². The molecule has 5 atom stereocenters. The number of aliphatic hydroxyl groups excluding tert-OH is 2. The van der Waals surface area contributed by atoms with Crippen molar-refractivity contribution in [3.05, 3.63) is 36.0 Å². The first kappa shape index (κ1) is 29.2. The maximum absolute atomic E-state index is 13.2. The minimum Gasteiger partial charge on any atom is -0.481 e. The van der Waals surface area contributed by atoms with Crippen LogP contribution in [0, 0.1) is 0 Å². The van der Waals surface area contributed by atoms with Gasteiger partial charge in [-0.05, 0) is 25.0 Å². The molecule has 0 aliphatic rings. The molecule has 1 aromatic heterocycles. The van der Waals surface area contributed by atoms with Crippen molar-refractivity contribution in [3.8, 4) is 0 Å². The predicted molar refractivity (Wildman–Crippen MR) is 129 cm³/mol. The van der Waals surface area contributed by atoms with Crippen LogP contribution < -0.4 is 21.7 Å². The molecule has 2 aromatic rings. The molecule has 1 heterocycles. The summed E-state index contributed by atoms with van der Waals surface area (Å²) in [6, 6.07) is 1.38. The first-order valence-corrected chi connectivity index (χ1v) is 11.4. The van der Waals surface area contributed by atoms with Crippen LogP contribution in [0.5, 0.6) is 0 Å². The molecular weight excluding hydrogens is 490 g/mol. The van der Waals surface area contributed by atoms with Crippen molar-refractivity contribution in [3.63, 3.8) is 0 Å². The first-order valence-electron chi connectivity index (χ1n) is 11.4. The second-order valence-electron chi connectivity index (χ2n) is 8.47. The van der Waals surface area contributed by atoms with Crippen LogP contribution in [0.1, 0.15) is 25.3 Å². The van der Waals surface area contributed by atoms with Gasteiger partial charge in [0.2, 0.25) is 17.7 Å². The smallest absolute Gasteiger partial charge is 0.326 e. The standard InChI is InChI=1S/C23H31N5O9/c1-11(30)19(22(35)26-16(23(36)37)6-7-18(31)32)28-21(34)17(27-20(33)14(24)10-29)8-12-9-25-15-5-3-2-4-13(12)15/h2-5,9,11,14,16-17,19,25,29-30H,6-8,10,24H2,1H3,(H,26,35)(H,27,33)(H,28,34)(H,31,32)(H,36,37). The number of nitrogens with one attached hydrogen (secondary N) is 4. The van der Waals surface area contributed by atoms with Crippen LogP contribution in [0.25, 0.3) is 10.9 Å². The summed E-state index contributed by atoms with van der Waals surface area (Å²) in [7, 11) is 0. The molecule has 0 saturated heterocycles. The zero-order valence-corrected chi connectivity index (χ0v) is 20.0. The van der Waals surface area contributed by atoms with E-state index >= 15 is 0 Å². The predicted octanol–water partition coefficient (Wildman–Crippen LogP) is -2.19. The van der Waals surface area contributed by atoms with Gasteiger partial charge in [0.15, 0.2) is 0 Å². The molecule has 0 spiro atoms. The average molecular weight is 522 g/mol. The maximum Gasteiger partial charge on any atom is 0.326 e. The van der Waals surface area contributed by atoms with Gasteiger partial charge >= 0.3 is 11.9 Å². The van der Waals surface area contributed by atoms with E-state index in [1.807, 2.05) is 12.1 Å². The number of aliphatic carboxylic acids is 2. The number of amides is 3. The molecule has 0 bridgehead atoms. The van der Waals surface area contributed by atoms with Crippen molar-refractivity contribution in [1.29, 1.82) is 0 Å². The molecule has 37 heavy (non-hydrogen) atoms. The van der Waals surface area contributed by atoms with Crippen LogP contribution in [0.2, 0.25) is 0 Å². The fourth-order valence-electron chi connectivity index (χ4n) is 3.54. The fraction of sp³-hybridized carbons (Fsp3) is 0.435. The number of carbonyl (C=O) groups is 5.